The number of hydrogen-bond acceptors (Lipinski definition) is 10. The number of rotatable bonds is 9. The third kappa shape index (κ3) is 5.12. The minimum atomic E-state index is -1.96. The van der Waals surface area contributed by atoms with Crippen molar-refractivity contribution in [2.24, 2.45) is 11.3 Å². The lowest BCUT2D eigenvalue weighted by Crippen LogP contribution is -2.37. The molecule has 0 saturated carbocycles. The van der Waals surface area contributed by atoms with Gasteiger partial charge in [0.15, 0.2) is 35.7 Å². The van der Waals surface area contributed by atoms with Crippen molar-refractivity contribution in [2.75, 3.05) is 31.5 Å². The average molecular weight is 481 g/mol. The number of halogens is 1. The molecule has 2 aromatic rings. The normalized spacial score (nSPS) is 25.0. The van der Waals surface area contributed by atoms with Gasteiger partial charge >= 0.3 is 5.97 Å². The Morgan fingerprint density at radius 3 is 2.68 bits per heavy atom. The van der Waals surface area contributed by atoms with Crippen LogP contribution in [0.4, 0.5) is 16.2 Å². The number of anilines is 2. The molecule has 11 nitrogen and oxygen atoms in total. The molecule has 3 N–H and O–H groups in total. The number of aromatic nitrogens is 4. The van der Waals surface area contributed by atoms with Crippen LogP contribution in [0.15, 0.2) is 6.33 Å². The number of Topliss-reactive ketones (excluding diaryl/α,β-unsaturated/α-hetero) is 1. The summed E-state index contributed by atoms with van der Waals surface area (Å²) in [5.41, 5.74) is 3.89. The van der Waals surface area contributed by atoms with Gasteiger partial charge in [-0.25, -0.2) is 9.37 Å². The summed E-state index contributed by atoms with van der Waals surface area (Å²) in [6.45, 7) is 7.93. The molecule has 34 heavy (non-hydrogen) atoms. The first-order valence-corrected chi connectivity index (χ1v) is 11.2. The molecule has 0 aliphatic carbocycles. The molecule has 1 fully saturated rings. The molecule has 0 spiro atoms. The monoisotopic (exact) mass is 480 g/mol. The summed E-state index contributed by atoms with van der Waals surface area (Å²) in [6.07, 6.45) is -0.255. The number of esters is 1. The van der Waals surface area contributed by atoms with Crippen molar-refractivity contribution in [3.05, 3.63) is 6.33 Å². The molecule has 12 heteroatoms. The standard InChI is InChI=1S/C22H33FN6O5/c1-7-12(30)8-13-14(9-32-11-33-19(31)21(2,3)4)34-18(22(13,5)23)29-10-26-15-16(25-6)27-20(24)28-17(15)29/h10,13-14,18H,7-9,11H2,1-6H3,(H3,24,25,27,28)/t13-,14-,18-,22-/m1/s1. The SMILES string of the molecule is CCC(=O)C[C@@H]1[C@@H](COCOC(=O)C(C)(C)C)O[C@@H](n2cnc3c(NC)nc(N)nc32)[C@]1(C)F. The number of nitrogen functional groups attached to an aromatic ring is 1. The average Bonchev–Trinajstić information content (AvgIpc) is 3.28. The summed E-state index contributed by atoms with van der Waals surface area (Å²) < 4.78 is 34.5. The van der Waals surface area contributed by atoms with Crippen molar-refractivity contribution in [1.29, 1.82) is 0 Å². The fraction of sp³-hybridized carbons (Fsp3) is 0.682. The van der Waals surface area contributed by atoms with Gasteiger partial charge in [-0.15, -0.1) is 0 Å². The van der Waals surface area contributed by atoms with Gasteiger partial charge in [-0.1, -0.05) is 6.92 Å². The largest absolute Gasteiger partial charge is 0.438 e. The molecule has 1 aliphatic rings. The molecule has 3 rings (SSSR count). The van der Waals surface area contributed by atoms with Crippen molar-refractivity contribution in [3.8, 4) is 0 Å². The summed E-state index contributed by atoms with van der Waals surface area (Å²) in [5, 5.41) is 2.89. The summed E-state index contributed by atoms with van der Waals surface area (Å²) in [6, 6.07) is 0. The number of fused-ring (bicyclic) bond motifs is 1. The fourth-order valence-electron chi connectivity index (χ4n) is 3.91. The highest BCUT2D eigenvalue weighted by Gasteiger charge is 2.56. The van der Waals surface area contributed by atoms with Crippen LogP contribution in [-0.2, 0) is 23.8 Å². The smallest absolute Gasteiger partial charge is 0.313 e. The van der Waals surface area contributed by atoms with E-state index in [0.717, 1.165) is 0 Å². The summed E-state index contributed by atoms with van der Waals surface area (Å²) in [7, 11) is 1.66. The molecule has 0 bridgehead atoms. The lowest BCUT2D eigenvalue weighted by molar-refractivity contribution is -0.169. The van der Waals surface area contributed by atoms with Crippen LogP contribution in [0.2, 0.25) is 0 Å². The van der Waals surface area contributed by atoms with Gasteiger partial charge in [-0.2, -0.15) is 9.97 Å². The van der Waals surface area contributed by atoms with E-state index in [0.29, 0.717) is 17.0 Å². The number of nitrogens with zero attached hydrogens (tertiary/aromatic N) is 4. The molecular weight excluding hydrogens is 447 g/mol. The lowest BCUT2D eigenvalue weighted by Gasteiger charge is -2.27. The molecule has 0 unspecified atom stereocenters. The Bertz CT molecular complexity index is 1050. The van der Waals surface area contributed by atoms with E-state index in [-0.39, 0.29) is 38.0 Å². The molecule has 188 valence electrons. The highest BCUT2D eigenvalue weighted by atomic mass is 19.1. The third-order valence-corrected chi connectivity index (χ3v) is 5.90. The molecule has 1 aliphatic heterocycles. The Morgan fingerprint density at radius 1 is 1.35 bits per heavy atom. The van der Waals surface area contributed by atoms with Crippen molar-refractivity contribution in [1.82, 2.24) is 19.5 Å². The van der Waals surface area contributed by atoms with Crippen LogP contribution in [0, 0.1) is 11.3 Å². The van der Waals surface area contributed by atoms with E-state index < -0.39 is 35.3 Å². The molecule has 0 radical (unpaired) electrons. The van der Waals surface area contributed by atoms with Gasteiger partial charge in [0.25, 0.3) is 0 Å². The zero-order valence-corrected chi connectivity index (χ0v) is 20.4. The van der Waals surface area contributed by atoms with Crippen LogP contribution in [0.1, 0.15) is 53.7 Å². The van der Waals surface area contributed by atoms with Gasteiger partial charge in [-0.3, -0.25) is 14.2 Å². The second-order valence-electron chi connectivity index (χ2n) is 9.56. The quantitative estimate of drug-likeness (QED) is 0.312. The Hall–Kier alpha value is -2.86. The summed E-state index contributed by atoms with van der Waals surface area (Å²) >= 11 is 0. The van der Waals surface area contributed by atoms with E-state index in [1.807, 2.05) is 0 Å². The number of nitrogens with two attached hydrogens (primary N) is 1. The minimum Gasteiger partial charge on any atom is -0.438 e. The van der Waals surface area contributed by atoms with E-state index in [2.05, 4.69) is 20.3 Å². The first kappa shape index (κ1) is 25.8. The Balaban J connectivity index is 1.85. The molecule has 0 amide bonds. The second kappa shape index (κ2) is 9.79. The maximum Gasteiger partial charge on any atom is 0.313 e. The predicted molar refractivity (Wildman–Crippen MR) is 122 cm³/mol. The number of ketones is 1. The number of alkyl halides is 1. The van der Waals surface area contributed by atoms with E-state index in [9.17, 15) is 9.59 Å². The summed E-state index contributed by atoms with van der Waals surface area (Å²) in [5.74, 6) is -0.924. The fourth-order valence-corrected chi connectivity index (χ4v) is 3.91. The molecular formula is C22H33FN6O5. The first-order chi connectivity index (χ1) is 15.9. The van der Waals surface area contributed by atoms with Crippen molar-refractivity contribution in [2.45, 2.75) is 65.5 Å². The second-order valence-corrected chi connectivity index (χ2v) is 9.56. The van der Waals surface area contributed by atoms with E-state index in [4.69, 9.17) is 19.9 Å². The van der Waals surface area contributed by atoms with Crippen LogP contribution >= 0.6 is 0 Å². The van der Waals surface area contributed by atoms with Gasteiger partial charge in [0.05, 0.1) is 24.5 Å². The van der Waals surface area contributed by atoms with Crippen LogP contribution in [0.25, 0.3) is 11.2 Å². The maximum atomic E-state index is 16.3. The molecule has 1 saturated heterocycles. The van der Waals surface area contributed by atoms with Gasteiger partial charge in [0.2, 0.25) is 5.95 Å². The molecule has 2 aromatic heterocycles. The van der Waals surface area contributed by atoms with Crippen LogP contribution in [0.3, 0.4) is 0 Å². The van der Waals surface area contributed by atoms with E-state index in [1.54, 1.807) is 34.7 Å². The number of carbonyl (C=O) groups is 2. The zero-order valence-electron chi connectivity index (χ0n) is 20.4. The minimum absolute atomic E-state index is 0.00424. The van der Waals surface area contributed by atoms with Gasteiger partial charge < -0.3 is 25.3 Å². The molecule has 4 atom stereocenters. The Kier molecular flexibility index (Phi) is 7.41. The highest BCUT2D eigenvalue weighted by molar-refractivity contribution is 5.84. The van der Waals surface area contributed by atoms with Gasteiger partial charge in [0.1, 0.15) is 5.78 Å². The van der Waals surface area contributed by atoms with Crippen molar-refractivity contribution in [3.63, 3.8) is 0 Å². The predicted octanol–water partition coefficient (Wildman–Crippen LogP) is 2.62. The first-order valence-electron chi connectivity index (χ1n) is 11.2. The number of hydrogen-bond donors (Lipinski definition) is 2. The van der Waals surface area contributed by atoms with Crippen molar-refractivity contribution >= 4 is 34.7 Å². The lowest BCUT2D eigenvalue weighted by atomic mass is 9.83. The van der Waals surface area contributed by atoms with Gasteiger partial charge in [-0.05, 0) is 27.7 Å². The summed E-state index contributed by atoms with van der Waals surface area (Å²) in [4.78, 5) is 36.8. The van der Waals surface area contributed by atoms with Crippen LogP contribution < -0.4 is 11.1 Å². The zero-order chi connectivity index (χ0) is 25.3. The number of ether oxygens (including phenoxy) is 3. The topological polar surface area (TPSA) is 143 Å². The molecule has 0 aromatic carbocycles. The van der Waals surface area contributed by atoms with E-state index in [1.165, 1.54) is 17.8 Å². The number of carbonyl (C=O) groups excluding carboxylic acids is 2. The van der Waals surface area contributed by atoms with Gasteiger partial charge in [0, 0.05) is 25.8 Å². The van der Waals surface area contributed by atoms with E-state index >= 15 is 4.39 Å². The Morgan fingerprint density at radius 2 is 2.06 bits per heavy atom. The van der Waals surface area contributed by atoms with Crippen LogP contribution in [-0.4, -0.2) is 63.5 Å². The maximum absolute atomic E-state index is 16.3. The van der Waals surface area contributed by atoms with Crippen molar-refractivity contribution < 1.29 is 28.2 Å². The Labute approximate surface area is 197 Å². The van der Waals surface area contributed by atoms with Crippen LogP contribution in [0.5, 0.6) is 0 Å². The third-order valence-electron chi connectivity index (χ3n) is 5.90. The number of nitrogens with one attached hydrogen (secondary N) is 1. The highest BCUT2D eigenvalue weighted by Crippen LogP contribution is 2.48. The molecule has 3 heterocycles. The number of imidazole rings is 1.